The van der Waals surface area contributed by atoms with Crippen LogP contribution in [-0.2, 0) is 0 Å². The van der Waals surface area contributed by atoms with Gasteiger partial charge in [-0.3, -0.25) is 4.79 Å². The van der Waals surface area contributed by atoms with E-state index < -0.39 is 0 Å². The van der Waals surface area contributed by atoms with Crippen LogP contribution in [0.25, 0.3) is 0 Å². The highest BCUT2D eigenvalue weighted by molar-refractivity contribution is 6.32. The van der Waals surface area contributed by atoms with E-state index >= 15 is 0 Å². The molecular formula is C10H14ClN3O. The normalized spacial score (nSPS) is 15.7. The fourth-order valence-electron chi connectivity index (χ4n) is 1.36. The number of nitrogens with one attached hydrogen (secondary N) is 1. The Bertz CT molecular complexity index is 423. The maximum Gasteiger partial charge on any atom is 0.287 e. The van der Waals surface area contributed by atoms with Crippen molar-refractivity contribution in [1.82, 2.24) is 9.78 Å². The molecule has 2 rings (SSSR count). The molecule has 0 atom stereocenters. The second-order valence-electron chi connectivity index (χ2n) is 4.13. The average Bonchev–Trinajstić information content (AvgIpc) is 2.96. The van der Waals surface area contributed by atoms with E-state index in [1.54, 1.807) is 6.20 Å². The number of rotatable bonds is 3. The van der Waals surface area contributed by atoms with Gasteiger partial charge in [-0.2, -0.15) is 5.10 Å². The first kappa shape index (κ1) is 10.5. The van der Waals surface area contributed by atoms with Crippen molar-refractivity contribution in [2.45, 2.75) is 38.8 Å². The molecule has 0 aliphatic heterocycles. The van der Waals surface area contributed by atoms with Gasteiger partial charge in [0.15, 0.2) is 0 Å². The van der Waals surface area contributed by atoms with Gasteiger partial charge in [0.2, 0.25) is 0 Å². The summed E-state index contributed by atoms with van der Waals surface area (Å²) < 4.78 is 1.39. The van der Waals surface area contributed by atoms with Crippen LogP contribution in [0.4, 0.5) is 5.69 Å². The van der Waals surface area contributed by atoms with E-state index in [0.717, 1.165) is 12.8 Å². The highest BCUT2D eigenvalue weighted by Gasteiger charge is 2.23. The SMILES string of the molecule is CC(C)n1ncc(NC2CC2)c(Cl)c1=O. The molecule has 1 aromatic rings. The molecule has 0 spiro atoms. The number of hydrogen-bond acceptors (Lipinski definition) is 3. The first-order valence-electron chi connectivity index (χ1n) is 5.13. The Balaban J connectivity index is 2.34. The summed E-state index contributed by atoms with van der Waals surface area (Å²) >= 11 is 5.98. The quantitative estimate of drug-likeness (QED) is 0.860. The number of hydrogen-bond donors (Lipinski definition) is 1. The van der Waals surface area contributed by atoms with Crippen LogP contribution in [0.1, 0.15) is 32.7 Å². The lowest BCUT2D eigenvalue weighted by Crippen LogP contribution is -2.26. The topological polar surface area (TPSA) is 46.9 Å². The standard InChI is InChI=1S/C10H14ClN3O/c1-6(2)14-10(15)9(11)8(5-12-14)13-7-3-4-7/h5-7,13H,3-4H2,1-2H3. The zero-order chi connectivity index (χ0) is 11.0. The van der Waals surface area contributed by atoms with Gasteiger partial charge in [0.25, 0.3) is 5.56 Å². The third-order valence-electron chi connectivity index (χ3n) is 2.37. The van der Waals surface area contributed by atoms with Crippen LogP contribution >= 0.6 is 11.6 Å². The molecule has 1 heterocycles. The minimum absolute atomic E-state index is 0.0324. The number of nitrogens with zero attached hydrogens (tertiary/aromatic N) is 2. The summed E-state index contributed by atoms with van der Waals surface area (Å²) in [4.78, 5) is 11.8. The fraction of sp³-hybridized carbons (Fsp3) is 0.600. The van der Waals surface area contributed by atoms with E-state index in [1.165, 1.54) is 4.68 Å². The van der Waals surface area contributed by atoms with Gasteiger partial charge in [0.05, 0.1) is 17.9 Å². The summed E-state index contributed by atoms with van der Waals surface area (Å²) in [5.74, 6) is 0. The van der Waals surface area contributed by atoms with Gasteiger partial charge in [-0.05, 0) is 26.7 Å². The van der Waals surface area contributed by atoms with Crippen LogP contribution in [0.5, 0.6) is 0 Å². The van der Waals surface area contributed by atoms with Crippen molar-refractivity contribution >= 4 is 17.3 Å². The van der Waals surface area contributed by atoms with E-state index in [2.05, 4.69) is 10.4 Å². The van der Waals surface area contributed by atoms with E-state index in [-0.39, 0.29) is 16.6 Å². The monoisotopic (exact) mass is 227 g/mol. The van der Waals surface area contributed by atoms with Crippen molar-refractivity contribution in [2.24, 2.45) is 0 Å². The van der Waals surface area contributed by atoms with Gasteiger partial charge in [0.1, 0.15) is 5.02 Å². The molecule has 0 aromatic carbocycles. The van der Waals surface area contributed by atoms with Crippen molar-refractivity contribution < 1.29 is 0 Å². The lowest BCUT2D eigenvalue weighted by atomic mass is 10.4. The largest absolute Gasteiger partial charge is 0.380 e. The molecule has 0 radical (unpaired) electrons. The molecule has 1 aliphatic carbocycles. The maximum atomic E-state index is 11.8. The van der Waals surface area contributed by atoms with E-state index in [9.17, 15) is 4.79 Å². The summed E-state index contributed by atoms with van der Waals surface area (Å²) in [5.41, 5.74) is 0.429. The lowest BCUT2D eigenvalue weighted by molar-refractivity contribution is 0.503. The van der Waals surface area contributed by atoms with E-state index in [4.69, 9.17) is 11.6 Å². The molecule has 0 unspecified atom stereocenters. The molecular weight excluding hydrogens is 214 g/mol. The van der Waals surface area contributed by atoms with Crippen molar-refractivity contribution in [3.8, 4) is 0 Å². The van der Waals surface area contributed by atoms with Crippen LogP contribution in [0, 0.1) is 0 Å². The smallest absolute Gasteiger partial charge is 0.287 e. The van der Waals surface area contributed by atoms with Gasteiger partial charge < -0.3 is 5.32 Å². The van der Waals surface area contributed by atoms with Gasteiger partial charge in [0, 0.05) is 6.04 Å². The molecule has 0 bridgehead atoms. The Kier molecular flexibility index (Phi) is 2.69. The Morgan fingerprint density at radius 1 is 1.60 bits per heavy atom. The van der Waals surface area contributed by atoms with E-state index in [0.29, 0.717) is 11.7 Å². The molecule has 4 nitrogen and oxygen atoms in total. The summed E-state index contributed by atoms with van der Waals surface area (Å²) in [7, 11) is 0. The fourth-order valence-corrected chi connectivity index (χ4v) is 1.55. The van der Waals surface area contributed by atoms with Gasteiger partial charge >= 0.3 is 0 Å². The lowest BCUT2D eigenvalue weighted by Gasteiger charge is -2.11. The summed E-state index contributed by atoms with van der Waals surface area (Å²) in [6.07, 6.45) is 3.91. The second kappa shape index (κ2) is 3.85. The van der Waals surface area contributed by atoms with Gasteiger partial charge in [-0.15, -0.1) is 0 Å². The third kappa shape index (κ3) is 2.15. The predicted octanol–water partition coefficient (Wildman–Crippen LogP) is 2.05. The number of halogens is 1. The van der Waals surface area contributed by atoms with E-state index in [1.807, 2.05) is 13.8 Å². The van der Waals surface area contributed by atoms with Crippen LogP contribution in [0.15, 0.2) is 11.0 Å². The molecule has 0 amide bonds. The first-order valence-corrected chi connectivity index (χ1v) is 5.51. The molecule has 1 N–H and O–H groups in total. The summed E-state index contributed by atoms with van der Waals surface area (Å²) in [5, 5.41) is 7.50. The molecule has 1 aliphatic rings. The van der Waals surface area contributed by atoms with Crippen LogP contribution in [-0.4, -0.2) is 15.8 Å². The maximum absolute atomic E-state index is 11.8. The zero-order valence-corrected chi connectivity index (χ0v) is 9.58. The zero-order valence-electron chi connectivity index (χ0n) is 8.83. The molecule has 15 heavy (non-hydrogen) atoms. The summed E-state index contributed by atoms with van der Waals surface area (Å²) in [6, 6.07) is 0.503. The molecule has 1 saturated carbocycles. The van der Waals surface area contributed by atoms with Gasteiger partial charge in [-0.1, -0.05) is 11.6 Å². The molecule has 5 heteroatoms. The second-order valence-corrected chi connectivity index (χ2v) is 4.51. The highest BCUT2D eigenvalue weighted by Crippen LogP contribution is 2.26. The Morgan fingerprint density at radius 3 is 2.80 bits per heavy atom. The van der Waals surface area contributed by atoms with Crippen molar-refractivity contribution in [1.29, 1.82) is 0 Å². The van der Waals surface area contributed by atoms with Gasteiger partial charge in [-0.25, -0.2) is 4.68 Å². The minimum Gasteiger partial charge on any atom is -0.380 e. The highest BCUT2D eigenvalue weighted by atomic mass is 35.5. The molecule has 0 saturated heterocycles. The summed E-state index contributed by atoms with van der Waals surface area (Å²) in [6.45, 7) is 3.80. The Morgan fingerprint density at radius 2 is 2.27 bits per heavy atom. The minimum atomic E-state index is -0.225. The average molecular weight is 228 g/mol. The predicted molar refractivity (Wildman–Crippen MR) is 60.5 cm³/mol. The van der Waals surface area contributed by atoms with Crippen molar-refractivity contribution in [3.63, 3.8) is 0 Å². The number of anilines is 1. The first-order chi connectivity index (χ1) is 7.09. The Labute approximate surface area is 93.2 Å². The van der Waals surface area contributed by atoms with Crippen LogP contribution in [0.3, 0.4) is 0 Å². The molecule has 82 valence electrons. The van der Waals surface area contributed by atoms with Crippen molar-refractivity contribution in [3.05, 3.63) is 21.6 Å². The molecule has 1 fully saturated rings. The number of aromatic nitrogens is 2. The Hall–Kier alpha value is -1.03. The van der Waals surface area contributed by atoms with Crippen LogP contribution < -0.4 is 10.9 Å². The molecule has 1 aromatic heterocycles. The van der Waals surface area contributed by atoms with Crippen LogP contribution in [0.2, 0.25) is 5.02 Å². The van der Waals surface area contributed by atoms with Crippen molar-refractivity contribution in [2.75, 3.05) is 5.32 Å². The third-order valence-corrected chi connectivity index (χ3v) is 2.73.